The van der Waals surface area contributed by atoms with E-state index in [9.17, 15) is 0 Å². The van der Waals surface area contributed by atoms with Gasteiger partial charge in [-0.25, -0.2) is 4.98 Å². The van der Waals surface area contributed by atoms with Crippen LogP contribution in [0.15, 0.2) is 0 Å². The standard InChI is InChI=1S/C16H31N3OS/c1-6-9-17-12-14-15(13(4)7-2)18-16(21-14)19(5)10-11-20-8-3/h13,17H,6-12H2,1-5H3. The maximum atomic E-state index is 5.43. The summed E-state index contributed by atoms with van der Waals surface area (Å²) in [6.45, 7) is 13.1. The van der Waals surface area contributed by atoms with Crippen LogP contribution in [-0.2, 0) is 11.3 Å². The average Bonchev–Trinajstić information content (AvgIpc) is 2.91. The van der Waals surface area contributed by atoms with E-state index in [2.05, 4.69) is 38.0 Å². The highest BCUT2D eigenvalue weighted by Gasteiger charge is 2.17. The van der Waals surface area contributed by atoms with E-state index in [1.54, 1.807) is 0 Å². The molecule has 0 spiro atoms. The number of likely N-dealkylation sites (N-methyl/N-ethyl adjacent to an activating group) is 1. The van der Waals surface area contributed by atoms with Gasteiger partial charge in [-0.15, -0.1) is 11.3 Å². The molecule has 0 aliphatic carbocycles. The van der Waals surface area contributed by atoms with Crippen molar-refractivity contribution in [1.29, 1.82) is 0 Å². The van der Waals surface area contributed by atoms with Crippen molar-refractivity contribution in [2.75, 3.05) is 38.3 Å². The van der Waals surface area contributed by atoms with Gasteiger partial charge in [0.05, 0.1) is 12.3 Å². The molecule has 0 radical (unpaired) electrons. The van der Waals surface area contributed by atoms with Crippen LogP contribution in [0.5, 0.6) is 0 Å². The Balaban J connectivity index is 2.75. The molecule has 1 atom stereocenters. The lowest BCUT2D eigenvalue weighted by atomic mass is 10.0. The number of thiazole rings is 1. The Morgan fingerprint density at radius 1 is 1.33 bits per heavy atom. The van der Waals surface area contributed by atoms with Crippen LogP contribution in [0.2, 0.25) is 0 Å². The second-order valence-corrected chi connectivity index (χ2v) is 6.47. The zero-order valence-electron chi connectivity index (χ0n) is 14.2. The third-order valence-corrected chi connectivity index (χ3v) is 4.79. The summed E-state index contributed by atoms with van der Waals surface area (Å²) in [6, 6.07) is 0. The molecule has 0 aromatic carbocycles. The second kappa shape index (κ2) is 10.1. The second-order valence-electron chi connectivity index (χ2n) is 5.41. The predicted molar refractivity (Wildman–Crippen MR) is 92.6 cm³/mol. The van der Waals surface area contributed by atoms with Crippen molar-refractivity contribution in [1.82, 2.24) is 10.3 Å². The zero-order valence-corrected chi connectivity index (χ0v) is 15.1. The first-order valence-corrected chi connectivity index (χ1v) is 8.94. The Bertz CT molecular complexity index is 395. The molecule has 4 nitrogen and oxygen atoms in total. The molecule has 0 saturated carbocycles. The summed E-state index contributed by atoms with van der Waals surface area (Å²) in [5.41, 5.74) is 1.27. The Morgan fingerprint density at radius 2 is 2.10 bits per heavy atom. The Kier molecular flexibility index (Phi) is 8.88. The monoisotopic (exact) mass is 313 g/mol. The average molecular weight is 314 g/mol. The van der Waals surface area contributed by atoms with Crippen LogP contribution < -0.4 is 10.2 Å². The molecule has 21 heavy (non-hydrogen) atoms. The fraction of sp³-hybridized carbons (Fsp3) is 0.812. The van der Waals surface area contributed by atoms with Crippen LogP contribution in [0.3, 0.4) is 0 Å². The van der Waals surface area contributed by atoms with Crippen LogP contribution in [-0.4, -0.2) is 38.3 Å². The molecule has 0 bridgehead atoms. The van der Waals surface area contributed by atoms with Gasteiger partial charge < -0.3 is 15.0 Å². The van der Waals surface area contributed by atoms with Crippen LogP contribution in [0, 0.1) is 0 Å². The first kappa shape index (κ1) is 18.4. The maximum Gasteiger partial charge on any atom is 0.185 e. The quantitative estimate of drug-likeness (QED) is 0.633. The third-order valence-electron chi connectivity index (χ3n) is 3.61. The van der Waals surface area contributed by atoms with Crippen molar-refractivity contribution in [3.63, 3.8) is 0 Å². The van der Waals surface area contributed by atoms with Gasteiger partial charge in [-0.1, -0.05) is 20.8 Å². The molecule has 1 unspecified atom stereocenters. The Hall–Kier alpha value is -0.650. The van der Waals surface area contributed by atoms with Crippen molar-refractivity contribution in [2.45, 2.75) is 53.0 Å². The summed E-state index contributed by atoms with van der Waals surface area (Å²) in [6.07, 6.45) is 2.30. The number of anilines is 1. The molecule has 1 aromatic rings. The van der Waals surface area contributed by atoms with Gasteiger partial charge in [0.25, 0.3) is 0 Å². The summed E-state index contributed by atoms with van der Waals surface area (Å²) >= 11 is 1.82. The zero-order chi connectivity index (χ0) is 15.7. The van der Waals surface area contributed by atoms with Crippen molar-refractivity contribution in [2.24, 2.45) is 0 Å². The van der Waals surface area contributed by atoms with E-state index in [1.165, 1.54) is 17.0 Å². The Morgan fingerprint density at radius 3 is 2.71 bits per heavy atom. The fourth-order valence-corrected chi connectivity index (χ4v) is 3.18. The largest absolute Gasteiger partial charge is 0.380 e. The topological polar surface area (TPSA) is 37.4 Å². The van der Waals surface area contributed by atoms with Gasteiger partial charge in [-0.05, 0) is 32.2 Å². The number of aromatic nitrogens is 1. The molecular formula is C16H31N3OS. The minimum absolute atomic E-state index is 0.522. The first-order valence-electron chi connectivity index (χ1n) is 8.13. The molecule has 0 saturated heterocycles. The lowest BCUT2D eigenvalue weighted by Gasteiger charge is -2.15. The van der Waals surface area contributed by atoms with Gasteiger partial charge >= 0.3 is 0 Å². The van der Waals surface area contributed by atoms with E-state index in [4.69, 9.17) is 9.72 Å². The summed E-state index contributed by atoms with van der Waals surface area (Å²) in [4.78, 5) is 8.48. The lowest BCUT2D eigenvalue weighted by molar-refractivity contribution is 0.154. The predicted octanol–water partition coefficient (Wildman–Crippen LogP) is 3.63. The molecule has 1 N–H and O–H groups in total. The lowest BCUT2D eigenvalue weighted by Crippen LogP contribution is -2.22. The van der Waals surface area contributed by atoms with Crippen molar-refractivity contribution in [3.8, 4) is 0 Å². The SMILES string of the molecule is CCCNCc1sc(N(C)CCOCC)nc1C(C)CC. The van der Waals surface area contributed by atoms with E-state index in [1.807, 2.05) is 18.3 Å². The van der Waals surface area contributed by atoms with E-state index in [0.29, 0.717) is 5.92 Å². The van der Waals surface area contributed by atoms with Crippen LogP contribution in [0.4, 0.5) is 5.13 Å². The number of hydrogen-bond donors (Lipinski definition) is 1. The van der Waals surface area contributed by atoms with E-state index >= 15 is 0 Å². The highest BCUT2D eigenvalue weighted by atomic mass is 32.1. The fourth-order valence-electron chi connectivity index (χ4n) is 2.04. The van der Waals surface area contributed by atoms with E-state index in [0.717, 1.165) is 44.4 Å². The van der Waals surface area contributed by atoms with Gasteiger partial charge in [-0.3, -0.25) is 0 Å². The third kappa shape index (κ3) is 5.93. The van der Waals surface area contributed by atoms with Gasteiger partial charge in [0.2, 0.25) is 0 Å². The minimum atomic E-state index is 0.522. The van der Waals surface area contributed by atoms with Gasteiger partial charge in [0.1, 0.15) is 0 Å². The van der Waals surface area contributed by atoms with Gasteiger partial charge in [-0.2, -0.15) is 0 Å². The smallest absolute Gasteiger partial charge is 0.185 e. The normalized spacial score (nSPS) is 12.6. The molecule has 0 aliphatic rings. The summed E-state index contributed by atoms with van der Waals surface area (Å²) in [7, 11) is 2.10. The molecule has 0 aliphatic heterocycles. The summed E-state index contributed by atoms with van der Waals surface area (Å²) in [5.74, 6) is 0.522. The molecule has 1 rings (SSSR count). The first-order chi connectivity index (χ1) is 10.1. The van der Waals surface area contributed by atoms with Crippen molar-refractivity contribution in [3.05, 3.63) is 10.6 Å². The van der Waals surface area contributed by atoms with Gasteiger partial charge in [0.15, 0.2) is 5.13 Å². The molecule has 122 valence electrons. The number of ether oxygens (including phenoxy) is 1. The summed E-state index contributed by atoms with van der Waals surface area (Å²) in [5, 5.41) is 4.61. The molecule has 0 fully saturated rings. The van der Waals surface area contributed by atoms with Crippen molar-refractivity contribution >= 4 is 16.5 Å². The number of rotatable bonds is 11. The molecule has 0 amide bonds. The molecule has 1 aromatic heterocycles. The molecular weight excluding hydrogens is 282 g/mol. The highest BCUT2D eigenvalue weighted by molar-refractivity contribution is 7.15. The van der Waals surface area contributed by atoms with E-state index in [-0.39, 0.29) is 0 Å². The van der Waals surface area contributed by atoms with E-state index < -0.39 is 0 Å². The van der Waals surface area contributed by atoms with Gasteiger partial charge in [0, 0.05) is 31.6 Å². The number of nitrogens with zero attached hydrogens (tertiary/aromatic N) is 2. The number of hydrogen-bond acceptors (Lipinski definition) is 5. The van der Waals surface area contributed by atoms with Crippen LogP contribution in [0.1, 0.15) is 57.0 Å². The number of nitrogens with one attached hydrogen (secondary N) is 1. The van der Waals surface area contributed by atoms with Crippen LogP contribution in [0.25, 0.3) is 0 Å². The summed E-state index contributed by atoms with van der Waals surface area (Å²) < 4.78 is 5.43. The highest BCUT2D eigenvalue weighted by Crippen LogP contribution is 2.31. The molecule has 1 heterocycles. The Labute approximate surface area is 133 Å². The maximum absolute atomic E-state index is 5.43. The molecule has 5 heteroatoms. The van der Waals surface area contributed by atoms with Crippen LogP contribution >= 0.6 is 11.3 Å². The van der Waals surface area contributed by atoms with Crippen molar-refractivity contribution < 1.29 is 4.74 Å². The minimum Gasteiger partial charge on any atom is -0.380 e.